The van der Waals surface area contributed by atoms with Crippen LogP contribution in [0, 0.1) is 0 Å². The molecular formula is C16H16O4S. The topological polar surface area (TPSA) is 66.8 Å². The van der Waals surface area contributed by atoms with Crippen molar-refractivity contribution in [2.75, 3.05) is 0 Å². The largest absolute Gasteiger partial charge is 0.508 e. The van der Waals surface area contributed by atoms with Crippen LogP contribution in [-0.4, -0.2) is 21.4 Å². The number of carboxylic acid groups (broad SMARTS) is 1. The van der Waals surface area contributed by atoms with E-state index in [2.05, 4.69) is 13.8 Å². The molecule has 0 aliphatic carbocycles. The smallest absolute Gasteiger partial charge is 0.335 e. The summed E-state index contributed by atoms with van der Waals surface area (Å²) in [4.78, 5) is 12.1. The van der Waals surface area contributed by atoms with Gasteiger partial charge in [-0.3, -0.25) is 0 Å². The quantitative estimate of drug-likeness (QED) is 0.802. The van der Waals surface area contributed by atoms with Crippen molar-refractivity contribution in [3.63, 3.8) is 0 Å². The molecule has 0 aromatic heterocycles. The Morgan fingerprint density at radius 3 is 2.33 bits per heavy atom. The molecule has 2 aromatic carbocycles. The van der Waals surface area contributed by atoms with Crippen LogP contribution in [0.4, 0.5) is 0 Å². The number of ether oxygens (including phenoxy) is 1. The third kappa shape index (κ3) is 4.43. The Balaban J connectivity index is 2.16. The van der Waals surface area contributed by atoms with Crippen LogP contribution in [0.1, 0.15) is 24.2 Å². The number of carboxylic acids is 1. The van der Waals surface area contributed by atoms with Crippen molar-refractivity contribution < 1.29 is 19.7 Å². The zero-order chi connectivity index (χ0) is 15.4. The molecule has 4 nitrogen and oxygen atoms in total. The number of thioether (sulfide) groups is 1. The van der Waals surface area contributed by atoms with Gasteiger partial charge in [0.1, 0.15) is 17.2 Å². The molecule has 0 radical (unpaired) electrons. The summed E-state index contributed by atoms with van der Waals surface area (Å²) in [5.41, 5.74) is -0.0167. The number of hydrogen-bond donors (Lipinski definition) is 2. The first-order valence-electron chi connectivity index (χ1n) is 6.46. The minimum atomic E-state index is -1.11. The molecule has 0 saturated carbocycles. The molecule has 0 aliphatic heterocycles. The van der Waals surface area contributed by atoms with E-state index in [-0.39, 0.29) is 17.1 Å². The number of hydrogen-bond acceptors (Lipinski definition) is 4. The van der Waals surface area contributed by atoms with Crippen LogP contribution in [-0.2, 0) is 0 Å². The molecule has 2 N–H and O–H groups in total. The Labute approximate surface area is 127 Å². The van der Waals surface area contributed by atoms with Crippen LogP contribution in [0.5, 0.6) is 17.2 Å². The number of aromatic hydroxyl groups is 1. The number of aromatic carboxylic acids is 1. The van der Waals surface area contributed by atoms with E-state index in [0.29, 0.717) is 11.0 Å². The zero-order valence-corrected chi connectivity index (χ0v) is 12.6. The van der Waals surface area contributed by atoms with E-state index in [9.17, 15) is 9.90 Å². The second-order valence-electron chi connectivity index (χ2n) is 4.76. The molecule has 0 bridgehead atoms. The van der Waals surface area contributed by atoms with Crippen molar-refractivity contribution in [1.82, 2.24) is 0 Å². The number of phenolic OH excluding ortho intramolecular Hbond substituents is 1. The number of benzene rings is 2. The van der Waals surface area contributed by atoms with Gasteiger partial charge in [0, 0.05) is 16.2 Å². The first-order valence-corrected chi connectivity index (χ1v) is 7.34. The summed E-state index contributed by atoms with van der Waals surface area (Å²) < 4.78 is 5.58. The third-order valence-corrected chi connectivity index (χ3v) is 3.59. The highest BCUT2D eigenvalue weighted by Gasteiger charge is 2.08. The predicted molar refractivity (Wildman–Crippen MR) is 82.6 cm³/mol. The molecule has 0 aliphatic rings. The minimum Gasteiger partial charge on any atom is -0.508 e. The Kier molecular flexibility index (Phi) is 4.75. The van der Waals surface area contributed by atoms with Crippen LogP contribution in [0.3, 0.4) is 0 Å². The zero-order valence-electron chi connectivity index (χ0n) is 11.7. The van der Waals surface area contributed by atoms with Gasteiger partial charge in [0.05, 0.1) is 5.56 Å². The maximum absolute atomic E-state index is 10.9. The molecule has 0 amide bonds. The van der Waals surface area contributed by atoms with Gasteiger partial charge < -0.3 is 14.9 Å². The highest BCUT2D eigenvalue weighted by atomic mass is 32.2. The molecule has 2 aromatic rings. The fourth-order valence-corrected chi connectivity index (χ4v) is 2.60. The monoisotopic (exact) mass is 304 g/mol. The van der Waals surface area contributed by atoms with Gasteiger partial charge >= 0.3 is 5.97 Å². The van der Waals surface area contributed by atoms with Gasteiger partial charge in [0.25, 0.3) is 0 Å². The van der Waals surface area contributed by atoms with Crippen LogP contribution in [0.2, 0.25) is 0 Å². The van der Waals surface area contributed by atoms with Gasteiger partial charge in [0.15, 0.2) is 0 Å². The average Bonchev–Trinajstić information content (AvgIpc) is 2.39. The molecule has 0 unspecified atom stereocenters. The fourth-order valence-electron chi connectivity index (χ4n) is 1.76. The highest BCUT2D eigenvalue weighted by molar-refractivity contribution is 7.99. The van der Waals surface area contributed by atoms with Crippen molar-refractivity contribution in [1.29, 1.82) is 0 Å². The van der Waals surface area contributed by atoms with Crippen LogP contribution >= 0.6 is 11.8 Å². The number of carbonyl (C=O) groups is 1. The highest BCUT2D eigenvalue weighted by Crippen LogP contribution is 2.29. The van der Waals surface area contributed by atoms with Crippen molar-refractivity contribution >= 4 is 17.7 Å². The molecule has 0 atom stereocenters. The van der Waals surface area contributed by atoms with Crippen molar-refractivity contribution in [3.8, 4) is 17.2 Å². The van der Waals surface area contributed by atoms with E-state index in [0.717, 1.165) is 4.90 Å². The van der Waals surface area contributed by atoms with E-state index in [1.54, 1.807) is 11.8 Å². The second-order valence-corrected chi connectivity index (χ2v) is 6.41. The minimum absolute atomic E-state index is 0.0167. The number of rotatable bonds is 5. The van der Waals surface area contributed by atoms with Gasteiger partial charge in [0.2, 0.25) is 0 Å². The van der Waals surface area contributed by atoms with Gasteiger partial charge in [-0.1, -0.05) is 13.8 Å². The first kappa shape index (κ1) is 15.3. The predicted octanol–water partition coefficient (Wildman–Crippen LogP) is 4.38. The van der Waals surface area contributed by atoms with E-state index in [1.807, 2.05) is 24.3 Å². The maximum atomic E-state index is 10.9. The van der Waals surface area contributed by atoms with Crippen molar-refractivity contribution in [3.05, 3.63) is 48.0 Å². The lowest BCUT2D eigenvalue weighted by Crippen LogP contribution is -1.96. The molecule has 0 saturated heterocycles. The van der Waals surface area contributed by atoms with Crippen molar-refractivity contribution in [2.45, 2.75) is 24.0 Å². The molecule has 21 heavy (non-hydrogen) atoms. The summed E-state index contributed by atoms with van der Waals surface area (Å²) in [6.45, 7) is 4.24. The van der Waals surface area contributed by atoms with Crippen LogP contribution in [0.25, 0.3) is 0 Å². The van der Waals surface area contributed by atoms with E-state index in [1.165, 1.54) is 18.2 Å². The van der Waals surface area contributed by atoms with Crippen LogP contribution < -0.4 is 4.74 Å². The summed E-state index contributed by atoms with van der Waals surface area (Å²) in [7, 11) is 0. The summed E-state index contributed by atoms with van der Waals surface area (Å²) in [6.07, 6.45) is 0. The standard InChI is InChI=1S/C16H16O4S/c1-10(2)21-15-5-3-13(4-6-15)20-14-8-11(16(18)19)7-12(17)9-14/h3-10,17H,1-2H3,(H,18,19). The van der Waals surface area contributed by atoms with Crippen molar-refractivity contribution in [2.24, 2.45) is 0 Å². The molecule has 5 heteroatoms. The third-order valence-electron chi connectivity index (χ3n) is 2.57. The summed E-state index contributed by atoms with van der Waals surface area (Å²) in [6, 6.07) is 11.5. The summed E-state index contributed by atoms with van der Waals surface area (Å²) in [5, 5.41) is 19.0. The maximum Gasteiger partial charge on any atom is 0.335 e. The Hall–Kier alpha value is -2.14. The first-order chi connectivity index (χ1) is 9.94. The Morgan fingerprint density at radius 1 is 1.10 bits per heavy atom. The van der Waals surface area contributed by atoms with Gasteiger partial charge in [-0.05, 0) is 36.4 Å². The summed E-state index contributed by atoms with van der Waals surface area (Å²) >= 11 is 1.75. The van der Waals surface area contributed by atoms with Gasteiger partial charge in [-0.2, -0.15) is 0 Å². The Morgan fingerprint density at radius 2 is 1.76 bits per heavy atom. The van der Waals surface area contributed by atoms with Crippen LogP contribution in [0.15, 0.2) is 47.4 Å². The number of phenols is 1. The van der Waals surface area contributed by atoms with E-state index < -0.39 is 5.97 Å². The molecule has 2 rings (SSSR count). The molecule has 0 spiro atoms. The van der Waals surface area contributed by atoms with E-state index >= 15 is 0 Å². The average molecular weight is 304 g/mol. The second kappa shape index (κ2) is 6.54. The lowest BCUT2D eigenvalue weighted by molar-refractivity contribution is 0.0696. The summed E-state index contributed by atoms with van der Waals surface area (Å²) in [5.74, 6) is -0.377. The normalized spacial score (nSPS) is 10.6. The fraction of sp³-hybridized carbons (Fsp3) is 0.188. The van der Waals surface area contributed by atoms with E-state index in [4.69, 9.17) is 9.84 Å². The SMILES string of the molecule is CC(C)Sc1ccc(Oc2cc(O)cc(C(=O)O)c2)cc1. The lowest BCUT2D eigenvalue weighted by Gasteiger charge is -2.09. The molecule has 110 valence electrons. The molecule has 0 fully saturated rings. The lowest BCUT2D eigenvalue weighted by atomic mass is 10.2. The van der Waals surface area contributed by atoms with Gasteiger partial charge in [-0.15, -0.1) is 11.8 Å². The van der Waals surface area contributed by atoms with Gasteiger partial charge in [-0.25, -0.2) is 4.79 Å². The molecular weight excluding hydrogens is 288 g/mol. The molecule has 0 heterocycles. The Bertz CT molecular complexity index is 635.